The SMILES string of the molecule is Cc1cccc(C)c1-n1ccnc1-n1c2ccccc2c2ccc(Oc3ccc4c5ccccc5n5c(-c6c(C(C)C)cccc6C(C)C)cnc5c4c3)cc21. The van der Waals surface area contributed by atoms with Crippen LogP contribution in [0, 0.1) is 13.8 Å². The van der Waals surface area contributed by atoms with Crippen LogP contribution < -0.4 is 4.74 Å². The highest BCUT2D eigenvalue weighted by molar-refractivity contribution is 6.13. The summed E-state index contributed by atoms with van der Waals surface area (Å²) < 4.78 is 13.6. The highest BCUT2D eigenvalue weighted by Gasteiger charge is 2.22. The number of rotatable bonds is 7. The predicted molar refractivity (Wildman–Crippen MR) is 231 cm³/mol. The molecule has 0 radical (unpaired) electrons. The standard InChI is InChI=1S/C50H43N5O/c1-30(2)36-17-12-18-37(31(3)4)47(36)46-29-52-49-42-27-34(21-23-38(42)39-15-7-9-19-43(39)54(46)49)56-35-22-24-41-40-16-8-10-20-44(40)55(45(41)28-35)50-51-25-26-53(50)48-32(5)13-11-14-33(48)6/h7-31H,1-6H3. The number of para-hydroxylation sites is 3. The molecule has 0 fully saturated rings. The molecule has 0 spiro atoms. The van der Waals surface area contributed by atoms with Crippen molar-refractivity contribution in [2.24, 2.45) is 0 Å². The third-order valence-corrected chi connectivity index (χ3v) is 11.4. The molecule has 56 heavy (non-hydrogen) atoms. The number of ether oxygens (including phenoxy) is 1. The van der Waals surface area contributed by atoms with Gasteiger partial charge in [0, 0.05) is 45.6 Å². The molecular weight excluding hydrogens is 687 g/mol. The Morgan fingerprint density at radius 1 is 0.554 bits per heavy atom. The molecular formula is C50H43N5O. The summed E-state index contributed by atoms with van der Waals surface area (Å²) in [7, 11) is 0. The Bertz CT molecular complexity index is 3110. The average Bonchev–Trinajstić information content (AvgIpc) is 3.94. The van der Waals surface area contributed by atoms with Crippen LogP contribution in [0.5, 0.6) is 11.5 Å². The zero-order valence-corrected chi connectivity index (χ0v) is 32.6. The molecule has 0 amide bonds. The lowest BCUT2D eigenvalue weighted by atomic mass is 9.87. The van der Waals surface area contributed by atoms with E-state index in [2.05, 4.69) is 189 Å². The predicted octanol–water partition coefficient (Wildman–Crippen LogP) is 13.2. The lowest BCUT2D eigenvalue weighted by Crippen LogP contribution is -2.07. The second-order valence-corrected chi connectivity index (χ2v) is 15.6. The van der Waals surface area contributed by atoms with E-state index in [9.17, 15) is 0 Å². The lowest BCUT2D eigenvalue weighted by Gasteiger charge is -2.20. The first-order valence-electron chi connectivity index (χ1n) is 19.5. The number of hydrogen-bond acceptors (Lipinski definition) is 3. The molecule has 10 rings (SSSR count). The van der Waals surface area contributed by atoms with E-state index in [0.29, 0.717) is 11.8 Å². The van der Waals surface area contributed by atoms with Gasteiger partial charge in [0.1, 0.15) is 17.1 Å². The van der Waals surface area contributed by atoms with Crippen molar-refractivity contribution in [3.8, 4) is 34.4 Å². The normalized spacial score (nSPS) is 12.1. The summed E-state index contributed by atoms with van der Waals surface area (Å²) in [5.74, 6) is 3.07. The van der Waals surface area contributed by atoms with E-state index in [1.165, 1.54) is 38.6 Å². The minimum Gasteiger partial charge on any atom is -0.457 e. The Morgan fingerprint density at radius 2 is 1.16 bits per heavy atom. The molecule has 6 heteroatoms. The number of pyridine rings is 1. The molecule has 0 unspecified atom stereocenters. The van der Waals surface area contributed by atoms with Gasteiger partial charge in [0.15, 0.2) is 0 Å². The summed E-state index contributed by atoms with van der Waals surface area (Å²) >= 11 is 0. The van der Waals surface area contributed by atoms with E-state index in [4.69, 9.17) is 14.7 Å². The van der Waals surface area contributed by atoms with Crippen LogP contribution >= 0.6 is 0 Å². The van der Waals surface area contributed by atoms with Crippen molar-refractivity contribution >= 4 is 49.1 Å². The minimum absolute atomic E-state index is 0.364. The molecule has 0 aliphatic heterocycles. The summed E-state index contributed by atoms with van der Waals surface area (Å²) in [5.41, 5.74) is 12.8. The molecule has 4 heterocycles. The number of aryl methyl sites for hydroxylation is 2. The van der Waals surface area contributed by atoms with Crippen LogP contribution in [0.1, 0.15) is 61.8 Å². The van der Waals surface area contributed by atoms with Crippen LogP contribution in [0.15, 0.2) is 140 Å². The number of aromatic nitrogens is 5. The van der Waals surface area contributed by atoms with Gasteiger partial charge in [-0.05, 0) is 95.8 Å². The van der Waals surface area contributed by atoms with Crippen molar-refractivity contribution in [2.45, 2.75) is 53.4 Å². The summed E-state index contributed by atoms with van der Waals surface area (Å²) in [5, 5.41) is 5.68. The maximum Gasteiger partial charge on any atom is 0.219 e. The monoisotopic (exact) mass is 729 g/mol. The first-order valence-corrected chi connectivity index (χ1v) is 19.5. The van der Waals surface area contributed by atoms with E-state index in [1.807, 2.05) is 6.20 Å². The highest BCUT2D eigenvalue weighted by atomic mass is 16.5. The van der Waals surface area contributed by atoms with Crippen LogP contribution in [0.25, 0.3) is 72.0 Å². The van der Waals surface area contributed by atoms with Gasteiger partial charge in [-0.2, -0.15) is 0 Å². The minimum atomic E-state index is 0.364. The quantitative estimate of drug-likeness (QED) is 0.153. The largest absolute Gasteiger partial charge is 0.457 e. The van der Waals surface area contributed by atoms with E-state index in [0.717, 1.165) is 67.2 Å². The van der Waals surface area contributed by atoms with E-state index in [1.54, 1.807) is 0 Å². The zero-order chi connectivity index (χ0) is 38.2. The Balaban J connectivity index is 1.14. The number of fused-ring (bicyclic) bond motifs is 9. The van der Waals surface area contributed by atoms with Crippen LogP contribution in [0.4, 0.5) is 0 Å². The van der Waals surface area contributed by atoms with E-state index < -0.39 is 0 Å². The summed E-state index contributed by atoms with van der Waals surface area (Å²) in [6.07, 6.45) is 6.00. The Kier molecular flexibility index (Phi) is 7.85. The Morgan fingerprint density at radius 3 is 1.88 bits per heavy atom. The molecule has 4 aromatic heterocycles. The Hall–Kier alpha value is -6.66. The van der Waals surface area contributed by atoms with Gasteiger partial charge in [-0.25, -0.2) is 9.97 Å². The molecule has 10 aromatic rings. The van der Waals surface area contributed by atoms with Crippen molar-refractivity contribution in [1.29, 1.82) is 0 Å². The molecule has 0 saturated heterocycles. The van der Waals surface area contributed by atoms with Crippen LogP contribution in [-0.4, -0.2) is 23.5 Å². The summed E-state index contributed by atoms with van der Waals surface area (Å²) in [4.78, 5) is 10.1. The van der Waals surface area contributed by atoms with Crippen LogP contribution in [0.3, 0.4) is 0 Å². The second kappa shape index (κ2) is 13.0. The van der Waals surface area contributed by atoms with Crippen molar-refractivity contribution in [3.05, 3.63) is 162 Å². The molecule has 0 bridgehead atoms. The molecule has 6 nitrogen and oxygen atoms in total. The van der Waals surface area contributed by atoms with Gasteiger partial charge in [-0.1, -0.05) is 100 Å². The highest BCUT2D eigenvalue weighted by Crippen LogP contribution is 2.41. The van der Waals surface area contributed by atoms with Crippen molar-refractivity contribution in [2.75, 3.05) is 0 Å². The van der Waals surface area contributed by atoms with Gasteiger partial charge in [0.25, 0.3) is 0 Å². The molecule has 0 saturated carbocycles. The molecule has 0 N–H and O–H groups in total. The van der Waals surface area contributed by atoms with Gasteiger partial charge in [0.2, 0.25) is 5.95 Å². The fraction of sp³-hybridized carbons (Fsp3) is 0.160. The maximum atomic E-state index is 6.79. The summed E-state index contributed by atoms with van der Waals surface area (Å²) in [6, 6.07) is 43.2. The maximum absolute atomic E-state index is 6.79. The third kappa shape index (κ3) is 5.16. The second-order valence-electron chi connectivity index (χ2n) is 15.6. The average molecular weight is 730 g/mol. The zero-order valence-electron chi connectivity index (χ0n) is 32.6. The summed E-state index contributed by atoms with van der Waals surface area (Å²) in [6.45, 7) is 13.4. The van der Waals surface area contributed by atoms with E-state index in [-0.39, 0.29) is 0 Å². The molecule has 0 aliphatic rings. The topological polar surface area (TPSA) is 49.3 Å². The molecule has 274 valence electrons. The van der Waals surface area contributed by atoms with Crippen LogP contribution in [-0.2, 0) is 0 Å². The van der Waals surface area contributed by atoms with Crippen molar-refractivity contribution in [3.63, 3.8) is 0 Å². The Labute approximate surface area is 326 Å². The first-order chi connectivity index (χ1) is 27.3. The molecule has 6 aromatic carbocycles. The lowest BCUT2D eigenvalue weighted by molar-refractivity contribution is 0.484. The number of imidazole rings is 2. The number of benzene rings is 6. The molecule has 0 aliphatic carbocycles. The fourth-order valence-corrected chi connectivity index (χ4v) is 8.90. The number of hydrogen-bond donors (Lipinski definition) is 0. The first kappa shape index (κ1) is 33.9. The van der Waals surface area contributed by atoms with Gasteiger partial charge >= 0.3 is 0 Å². The van der Waals surface area contributed by atoms with Crippen molar-refractivity contribution in [1.82, 2.24) is 23.5 Å². The van der Waals surface area contributed by atoms with Gasteiger partial charge in [-0.3, -0.25) is 13.5 Å². The van der Waals surface area contributed by atoms with Crippen molar-refractivity contribution < 1.29 is 4.74 Å². The third-order valence-electron chi connectivity index (χ3n) is 11.4. The van der Waals surface area contributed by atoms with Gasteiger partial charge in [-0.15, -0.1) is 0 Å². The smallest absolute Gasteiger partial charge is 0.219 e. The van der Waals surface area contributed by atoms with Crippen LogP contribution in [0.2, 0.25) is 0 Å². The van der Waals surface area contributed by atoms with E-state index >= 15 is 0 Å². The molecule has 0 atom stereocenters. The van der Waals surface area contributed by atoms with Gasteiger partial charge in [0.05, 0.1) is 34.1 Å². The number of nitrogens with zero attached hydrogens (tertiary/aromatic N) is 5. The fourth-order valence-electron chi connectivity index (χ4n) is 8.90. The van der Waals surface area contributed by atoms with Gasteiger partial charge < -0.3 is 4.74 Å².